The predicted molar refractivity (Wildman–Crippen MR) is 98.2 cm³/mol. The third kappa shape index (κ3) is 5.35. The zero-order valence-corrected chi connectivity index (χ0v) is 15.0. The summed E-state index contributed by atoms with van der Waals surface area (Å²) in [6.45, 7) is 2.15. The summed E-state index contributed by atoms with van der Waals surface area (Å²) in [6, 6.07) is 8.07. The summed E-state index contributed by atoms with van der Waals surface area (Å²) in [5.41, 5.74) is 3.73. The lowest BCUT2D eigenvalue weighted by Gasteiger charge is -2.21. The van der Waals surface area contributed by atoms with Gasteiger partial charge in [-0.3, -0.25) is 9.59 Å². The number of fused-ring (bicyclic) bond motifs is 1. The highest BCUT2D eigenvalue weighted by Crippen LogP contribution is 2.26. The molecule has 1 aliphatic carbocycles. The van der Waals surface area contributed by atoms with Gasteiger partial charge in [-0.25, -0.2) is 0 Å². The Balaban J connectivity index is 2.03. The summed E-state index contributed by atoms with van der Waals surface area (Å²) in [4.78, 5) is 22.9. The molecule has 1 atom stereocenters. The van der Waals surface area contributed by atoms with Crippen LogP contribution in [0.1, 0.15) is 55.3 Å². The van der Waals surface area contributed by atoms with Crippen molar-refractivity contribution in [1.29, 1.82) is 5.26 Å². The molecule has 1 aromatic rings. The van der Waals surface area contributed by atoms with Crippen molar-refractivity contribution in [2.45, 2.75) is 51.5 Å². The standard InChI is InChI=1S/C20H25N3O3/c1-2-18(16-8-7-14-5-3-4-6-15(14)11-16)23-20(26)17(12-21)13-22-10-9-19(24)25/h7-8,11,13,18,22H,2-6,9-10H2,1H3,(H,23,26)(H,24,25)/b17-13-. The first-order chi connectivity index (χ1) is 12.5. The molecule has 1 unspecified atom stereocenters. The van der Waals surface area contributed by atoms with Crippen LogP contribution in [0.2, 0.25) is 0 Å². The number of aliphatic carboxylic acids is 1. The normalized spacial score (nSPS) is 14.7. The summed E-state index contributed by atoms with van der Waals surface area (Å²) < 4.78 is 0. The summed E-state index contributed by atoms with van der Waals surface area (Å²) in [5, 5.41) is 23.4. The van der Waals surface area contributed by atoms with E-state index in [-0.39, 0.29) is 24.6 Å². The largest absolute Gasteiger partial charge is 0.481 e. The average Bonchev–Trinajstić information content (AvgIpc) is 2.65. The van der Waals surface area contributed by atoms with Gasteiger partial charge in [0.25, 0.3) is 5.91 Å². The van der Waals surface area contributed by atoms with E-state index in [9.17, 15) is 14.9 Å². The molecule has 1 aliphatic rings. The molecule has 0 spiro atoms. The van der Waals surface area contributed by atoms with Crippen LogP contribution in [0.3, 0.4) is 0 Å². The predicted octanol–water partition coefficient (Wildman–Crippen LogP) is 2.60. The number of hydrogen-bond donors (Lipinski definition) is 3. The number of nitrogens with zero attached hydrogens (tertiary/aromatic N) is 1. The molecular formula is C20H25N3O3. The molecule has 0 radical (unpaired) electrons. The van der Waals surface area contributed by atoms with E-state index >= 15 is 0 Å². The Morgan fingerprint density at radius 2 is 2.04 bits per heavy atom. The first-order valence-electron chi connectivity index (χ1n) is 9.03. The second-order valence-electron chi connectivity index (χ2n) is 6.44. The van der Waals surface area contributed by atoms with E-state index in [1.165, 1.54) is 30.2 Å². The highest BCUT2D eigenvalue weighted by Gasteiger charge is 2.18. The molecule has 0 bridgehead atoms. The Bertz CT molecular complexity index is 734. The minimum absolute atomic E-state index is 0.0631. The molecule has 26 heavy (non-hydrogen) atoms. The first kappa shape index (κ1) is 19.5. The zero-order chi connectivity index (χ0) is 18.9. The van der Waals surface area contributed by atoms with Gasteiger partial charge in [-0.1, -0.05) is 25.1 Å². The third-order valence-electron chi connectivity index (χ3n) is 4.58. The highest BCUT2D eigenvalue weighted by atomic mass is 16.4. The molecule has 6 heteroatoms. The monoisotopic (exact) mass is 355 g/mol. The Labute approximate surface area is 153 Å². The minimum Gasteiger partial charge on any atom is -0.481 e. The molecule has 0 saturated heterocycles. The van der Waals surface area contributed by atoms with Crippen molar-refractivity contribution in [2.75, 3.05) is 6.54 Å². The minimum atomic E-state index is -0.938. The molecule has 1 aromatic carbocycles. The summed E-state index contributed by atoms with van der Waals surface area (Å²) in [7, 11) is 0. The van der Waals surface area contributed by atoms with Gasteiger partial charge < -0.3 is 15.7 Å². The van der Waals surface area contributed by atoms with Gasteiger partial charge in [0.2, 0.25) is 0 Å². The lowest BCUT2D eigenvalue weighted by Crippen LogP contribution is -2.30. The van der Waals surface area contributed by atoms with Crippen LogP contribution < -0.4 is 10.6 Å². The molecule has 3 N–H and O–H groups in total. The maximum absolute atomic E-state index is 12.4. The van der Waals surface area contributed by atoms with Gasteiger partial charge in [0, 0.05) is 12.7 Å². The number of nitriles is 1. The molecular weight excluding hydrogens is 330 g/mol. The molecule has 2 rings (SSSR count). The SMILES string of the molecule is CCC(NC(=O)/C(C#N)=C\NCCC(=O)O)c1ccc2c(c1)CCCC2. The molecule has 138 valence electrons. The fourth-order valence-corrected chi connectivity index (χ4v) is 3.13. The van der Waals surface area contributed by atoms with Crippen LogP contribution in [0, 0.1) is 11.3 Å². The fourth-order valence-electron chi connectivity index (χ4n) is 3.13. The molecule has 0 aliphatic heterocycles. The molecule has 6 nitrogen and oxygen atoms in total. The van der Waals surface area contributed by atoms with E-state index in [0.717, 1.165) is 24.8 Å². The van der Waals surface area contributed by atoms with Crippen LogP contribution in [-0.4, -0.2) is 23.5 Å². The maximum Gasteiger partial charge on any atom is 0.305 e. The van der Waals surface area contributed by atoms with Gasteiger partial charge in [-0.2, -0.15) is 5.26 Å². The highest BCUT2D eigenvalue weighted by molar-refractivity contribution is 5.97. The van der Waals surface area contributed by atoms with E-state index in [1.54, 1.807) is 0 Å². The Morgan fingerprint density at radius 3 is 2.69 bits per heavy atom. The van der Waals surface area contributed by atoms with E-state index in [2.05, 4.69) is 28.8 Å². The smallest absolute Gasteiger partial charge is 0.305 e. The number of nitrogens with one attached hydrogen (secondary N) is 2. The molecule has 0 heterocycles. The van der Waals surface area contributed by atoms with Crippen molar-refractivity contribution in [3.63, 3.8) is 0 Å². The lowest BCUT2D eigenvalue weighted by molar-refractivity contribution is -0.136. The van der Waals surface area contributed by atoms with Crippen molar-refractivity contribution in [2.24, 2.45) is 0 Å². The van der Waals surface area contributed by atoms with E-state index in [0.29, 0.717) is 0 Å². The Morgan fingerprint density at radius 1 is 1.31 bits per heavy atom. The number of carboxylic acids is 1. The maximum atomic E-state index is 12.4. The van der Waals surface area contributed by atoms with Gasteiger partial charge >= 0.3 is 5.97 Å². The number of hydrogen-bond acceptors (Lipinski definition) is 4. The summed E-state index contributed by atoms with van der Waals surface area (Å²) >= 11 is 0. The average molecular weight is 355 g/mol. The van der Waals surface area contributed by atoms with E-state index in [4.69, 9.17) is 5.11 Å². The first-order valence-corrected chi connectivity index (χ1v) is 9.03. The number of carbonyl (C=O) groups is 2. The van der Waals surface area contributed by atoms with Gasteiger partial charge in [0.1, 0.15) is 11.6 Å². The molecule has 0 aromatic heterocycles. The summed E-state index contributed by atoms with van der Waals surface area (Å²) in [6.07, 6.45) is 6.53. The van der Waals surface area contributed by atoms with Crippen LogP contribution in [0.5, 0.6) is 0 Å². The van der Waals surface area contributed by atoms with Crippen molar-refractivity contribution < 1.29 is 14.7 Å². The summed E-state index contributed by atoms with van der Waals surface area (Å²) in [5.74, 6) is -1.40. The molecule has 1 amide bonds. The van der Waals surface area contributed by atoms with Gasteiger partial charge in [0.05, 0.1) is 12.5 Å². The van der Waals surface area contributed by atoms with Crippen LogP contribution in [0.25, 0.3) is 0 Å². The number of benzene rings is 1. The van der Waals surface area contributed by atoms with Crippen molar-refractivity contribution in [3.05, 3.63) is 46.7 Å². The van der Waals surface area contributed by atoms with Crippen LogP contribution in [-0.2, 0) is 22.4 Å². The third-order valence-corrected chi connectivity index (χ3v) is 4.58. The number of amides is 1. The number of carboxylic acid groups (broad SMARTS) is 1. The zero-order valence-electron chi connectivity index (χ0n) is 15.0. The van der Waals surface area contributed by atoms with Crippen LogP contribution in [0.4, 0.5) is 0 Å². The second-order valence-corrected chi connectivity index (χ2v) is 6.44. The van der Waals surface area contributed by atoms with Crippen LogP contribution >= 0.6 is 0 Å². The second kappa shape index (κ2) is 9.62. The quantitative estimate of drug-likeness (QED) is 0.378. The number of carbonyl (C=O) groups excluding carboxylic acids is 1. The van der Waals surface area contributed by atoms with Crippen molar-refractivity contribution in [3.8, 4) is 6.07 Å². The van der Waals surface area contributed by atoms with Crippen molar-refractivity contribution in [1.82, 2.24) is 10.6 Å². The van der Waals surface area contributed by atoms with E-state index < -0.39 is 11.9 Å². The molecule has 0 fully saturated rings. The topological polar surface area (TPSA) is 102 Å². The van der Waals surface area contributed by atoms with Crippen molar-refractivity contribution >= 4 is 11.9 Å². The lowest BCUT2D eigenvalue weighted by atomic mass is 9.88. The van der Waals surface area contributed by atoms with Gasteiger partial charge in [-0.15, -0.1) is 0 Å². The Hall–Kier alpha value is -2.81. The fraction of sp³-hybridized carbons (Fsp3) is 0.450. The molecule has 0 saturated carbocycles. The number of rotatable bonds is 8. The van der Waals surface area contributed by atoms with Crippen LogP contribution in [0.15, 0.2) is 30.0 Å². The number of aryl methyl sites for hydroxylation is 2. The van der Waals surface area contributed by atoms with E-state index in [1.807, 2.05) is 13.0 Å². The van der Waals surface area contributed by atoms with Gasteiger partial charge in [-0.05, 0) is 48.8 Å². The van der Waals surface area contributed by atoms with Gasteiger partial charge in [0.15, 0.2) is 0 Å². The Kier molecular flexibility index (Phi) is 7.22.